The summed E-state index contributed by atoms with van der Waals surface area (Å²) < 4.78 is 12.1. The molecule has 0 amide bonds. The summed E-state index contributed by atoms with van der Waals surface area (Å²) in [4.78, 5) is 12.9. The molecule has 0 aromatic heterocycles. The van der Waals surface area contributed by atoms with Crippen LogP contribution in [-0.4, -0.2) is 23.3 Å². The molecule has 1 heterocycles. The second-order valence-electron chi connectivity index (χ2n) is 9.52. The number of phenolic OH excluding ortho intramolecular Hbond substituents is 1. The van der Waals surface area contributed by atoms with E-state index in [1.54, 1.807) is 0 Å². The van der Waals surface area contributed by atoms with Crippen molar-refractivity contribution in [2.24, 2.45) is 0 Å². The van der Waals surface area contributed by atoms with Crippen molar-refractivity contribution in [1.29, 1.82) is 0 Å². The maximum Gasteiger partial charge on any atom is 0.313 e. The van der Waals surface area contributed by atoms with E-state index in [-0.39, 0.29) is 18.5 Å². The number of hydrogen-bond acceptors (Lipinski definition) is 4. The van der Waals surface area contributed by atoms with Gasteiger partial charge >= 0.3 is 5.97 Å². The maximum absolute atomic E-state index is 12.9. The van der Waals surface area contributed by atoms with Crippen LogP contribution in [0.1, 0.15) is 59.6 Å². The quantitative estimate of drug-likeness (QED) is 0.498. The molecular weight excluding hydrogens is 400 g/mol. The van der Waals surface area contributed by atoms with Crippen molar-refractivity contribution in [3.63, 3.8) is 0 Å². The van der Waals surface area contributed by atoms with E-state index in [1.165, 1.54) is 10.9 Å². The van der Waals surface area contributed by atoms with E-state index in [4.69, 9.17) is 9.47 Å². The van der Waals surface area contributed by atoms with Gasteiger partial charge in [-0.1, -0.05) is 42.0 Å². The number of benzene rings is 3. The highest BCUT2D eigenvalue weighted by atomic mass is 16.6. The van der Waals surface area contributed by atoms with Gasteiger partial charge in [-0.15, -0.1) is 0 Å². The van der Waals surface area contributed by atoms with Crippen LogP contribution in [0.25, 0.3) is 10.8 Å². The monoisotopic (exact) mass is 432 g/mol. The molecule has 168 valence electrons. The molecule has 1 N–H and O–H groups in total. The number of fused-ring (bicyclic) bond motifs is 2. The van der Waals surface area contributed by atoms with Crippen molar-refractivity contribution >= 4 is 16.7 Å². The minimum atomic E-state index is -0.593. The zero-order valence-corrected chi connectivity index (χ0v) is 19.8. The minimum Gasteiger partial charge on any atom is -0.507 e. The molecule has 1 aliphatic heterocycles. The largest absolute Gasteiger partial charge is 0.507 e. The van der Waals surface area contributed by atoms with Crippen molar-refractivity contribution in [2.75, 3.05) is 6.61 Å². The number of ether oxygens (including phenoxy) is 2. The van der Waals surface area contributed by atoms with Crippen molar-refractivity contribution in [2.45, 2.75) is 65.9 Å². The average molecular weight is 433 g/mol. The Kier molecular flexibility index (Phi) is 5.66. The molecule has 0 saturated heterocycles. The summed E-state index contributed by atoms with van der Waals surface area (Å²) >= 11 is 0. The van der Waals surface area contributed by atoms with E-state index in [0.29, 0.717) is 5.75 Å². The van der Waals surface area contributed by atoms with Crippen LogP contribution in [0.2, 0.25) is 0 Å². The van der Waals surface area contributed by atoms with Gasteiger partial charge in [0.25, 0.3) is 0 Å². The maximum atomic E-state index is 12.9. The van der Waals surface area contributed by atoms with Crippen molar-refractivity contribution in [1.82, 2.24) is 0 Å². The van der Waals surface area contributed by atoms with Crippen molar-refractivity contribution < 1.29 is 19.4 Å². The summed E-state index contributed by atoms with van der Waals surface area (Å²) in [6.07, 6.45) is 1.50. The lowest BCUT2D eigenvalue weighted by atomic mass is 9.87. The Morgan fingerprint density at radius 3 is 2.50 bits per heavy atom. The van der Waals surface area contributed by atoms with Crippen molar-refractivity contribution in [3.05, 3.63) is 69.8 Å². The first kappa shape index (κ1) is 22.2. The number of carbonyl (C=O) groups excluding carboxylic acids is 1. The lowest BCUT2D eigenvalue weighted by Gasteiger charge is -2.37. The Bertz CT molecular complexity index is 1210. The van der Waals surface area contributed by atoms with E-state index in [9.17, 15) is 9.90 Å². The van der Waals surface area contributed by atoms with Gasteiger partial charge in [0.1, 0.15) is 23.7 Å². The first-order valence-corrected chi connectivity index (χ1v) is 11.3. The van der Waals surface area contributed by atoms with E-state index >= 15 is 0 Å². The predicted octanol–water partition coefficient (Wildman–Crippen LogP) is 6.21. The van der Waals surface area contributed by atoms with Crippen LogP contribution < -0.4 is 4.74 Å². The molecule has 3 aromatic rings. The van der Waals surface area contributed by atoms with Crippen LogP contribution in [0.4, 0.5) is 0 Å². The summed E-state index contributed by atoms with van der Waals surface area (Å²) in [5.41, 5.74) is 5.28. The molecular formula is C28H32O4. The fourth-order valence-electron chi connectivity index (χ4n) is 4.53. The fraction of sp³-hybridized carbons (Fsp3) is 0.393. The van der Waals surface area contributed by atoms with Gasteiger partial charge in [-0.3, -0.25) is 4.79 Å². The standard InChI is InChI=1S/C28H32O4/c1-16-7-8-23-14-21(9-10-22(23)13-16)19(4)27(30)31-15-28(6)12-11-24-20(5)25(29)17(2)18(3)26(24)32-28/h7-10,13-14,19,29H,11-12,15H2,1-6H3. The molecule has 1 aliphatic rings. The Morgan fingerprint density at radius 2 is 1.75 bits per heavy atom. The molecule has 3 aromatic carbocycles. The van der Waals surface area contributed by atoms with Crippen LogP contribution in [0.15, 0.2) is 36.4 Å². The number of rotatable bonds is 4. The second-order valence-corrected chi connectivity index (χ2v) is 9.52. The zero-order valence-electron chi connectivity index (χ0n) is 19.8. The SMILES string of the molecule is Cc1ccc2cc(C(C)C(=O)OCC3(C)CCc4c(C)c(O)c(C)c(C)c4O3)ccc2c1. The van der Waals surface area contributed by atoms with Gasteiger partial charge in [-0.05, 0) is 87.4 Å². The van der Waals surface area contributed by atoms with Crippen LogP contribution in [0.3, 0.4) is 0 Å². The predicted molar refractivity (Wildman–Crippen MR) is 128 cm³/mol. The lowest BCUT2D eigenvalue weighted by Crippen LogP contribution is -2.42. The summed E-state index contributed by atoms with van der Waals surface area (Å²) in [6.45, 7) is 11.9. The number of carbonyl (C=O) groups is 1. The third-order valence-corrected chi connectivity index (χ3v) is 6.99. The van der Waals surface area contributed by atoms with Gasteiger partial charge in [0.15, 0.2) is 0 Å². The molecule has 32 heavy (non-hydrogen) atoms. The summed E-state index contributed by atoms with van der Waals surface area (Å²) in [5.74, 6) is 0.560. The first-order valence-electron chi connectivity index (χ1n) is 11.3. The normalized spacial score (nSPS) is 18.7. The lowest BCUT2D eigenvalue weighted by molar-refractivity contribution is -0.151. The number of aromatic hydroxyl groups is 1. The van der Waals surface area contributed by atoms with Crippen LogP contribution in [-0.2, 0) is 16.0 Å². The number of hydrogen-bond donors (Lipinski definition) is 1. The molecule has 0 aliphatic carbocycles. The summed E-state index contributed by atoms with van der Waals surface area (Å²) in [6, 6.07) is 12.4. The van der Waals surface area contributed by atoms with E-state index in [1.807, 2.05) is 40.7 Å². The third kappa shape index (κ3) is 3.94. The van der Waals surface area contributed by atoms with Gasteiger partial charge < -0.3 is 14.6 Å². The molecule has 2 atom stereocenters. The Labute approximate surface area is 190 Å². The highest BCUT2D eigenvalue weighted by molar-refractivity contribution is 5.86. The van der Waals surface area contributed by atoms with Gasteiger partial charge in [0.05, 0.1) is 5.92 Å². The second kappa shape index (κ2) is 8.16. The fourth-order valence-corrected chi connectivity index (χ4v) is 4.53. The van der Waals surface area contributed by atoms with Gasteiger partial charge in [0.2, 0.25) is 0 Å². The summed E-state index contributed by atoms with van der Waals surface area (Å²) in [5, 5.41) is 12.7. The van der Waals surface area contributed by atoms with E-state index in [2.05, 4.69) is 37.3 Å². The Balaban J connectivity index is 1.48. The summed E-state index contributed by atoms with van der Waals surface area (Å²) in [7, 11) is 0. The topological polar surface area (TPSA) is 55.8 Å². The molecule has 4 rings (SSSR count). The van der Waals surface area contributed by atoms with E-state index in [0.717, 1.165) is 51.8 Å². The molecule has 0 spiro atoms. The molecule has 2 unspecified atom stereocenters. The molecule has 0 fully saturated rings. The Hall–Kier alpha value is -3.01. The molecule has 0 bridgehead atoms. The van der Waals surface area contributed by atoms with Gasteiger partial charge in [-0.25, -0.2) is 0 Å². The molecule has 0 saturated carbocycles. The Morgan fingerprint density at radius 1 is 1.06 bits per heavy atom. The highest BCUT2D eigenvalue weighted by Gasteiger charge is 2.36. The first-order chi connectivity index (χ1) is 15.1. The highest BCUT2D eigenvalue weighted by Crippen LogP contribution is 2.43. The number of aryl methyl sites for hydroxylation is 1. The van der Waals surface area contributed by atoms with Crippen molar-refractivity contribution in [3.8, 4) is 11.5 Å². The van der Waals surface area contributed by atoms with Crippen LogP contribution in [0, 0.1) is 27.7 Å². The van der Waals surface area contributed by atoms with Crippen LogP contribution >= 0.6 is 0 Å². The zero-order chi connectivity index (χ0) is 23.2. The third-order valence-electron chi connectivity index (χ3n) is 6.99. The van der Waals surface area contributed by atoms with Gasteiger partial charge in [-0.2, -0.15) is 0 Å². The van der Waals surface area contributed by atoms with E-state index < -0.39 is 5.60 Å². The average Bonchev–Trinajstić information content (AvgIpc) is 2.79. The molecule has 4 nitrogen and oxygen atoms in total. The van der Waals surface area contributed by atoms with Gasteiger partial charge in [0, 0.05) is 5.56 Å². The molecule has 0 radical (unpaired) electrons. The van der Waals surface area contributed by atoms with Crippen LogP contribution in [0.5, 0.6) is 11.5 Å². The smallest absolute Gasteiger partial charge is 0.313 e. The molecule has 4 heteroatoms. The minimum absolute atomic E-state index is 0.195. The number of phenols is 1. The number of esters is 1.